The molecular weight excluding hydrogens is 534 g/mol. The summed E-state index contributed by atoms with van der Waals surface area (Å²) < 4.78 is 0. The van der Waals surface area contributed by atoms with Crippen molar-refractivity contribution in [3.8, 4) is 10.4 Å². The lowest BCUT2D eigenvalue weighted by atomic mass is 9.85. The van der Waals surface area contributed by atoms with Gasteiger partial charge in [0.1, 0.15) is 6.04 Å². The maximum absolute atomic E-state index is 13.8. The molecule has 8 heteroatoms. The lowest BCUT2D eigenvalue weighted by molar-refractivity contribution is -0.143. The number of aryl methyl sites for hydroxylation is 4. The number of amides is 2. The Hall–Kier alpha value is -3.36. The molecule has 2 N–H and O–H groups in total. The van der Waals surface area contributed by atoms with Gasteiger partial charge in [-0.3, -0.25) is 14.4 Å². The number of nitrogens with one attached hydrogen (secondary N) is 1. The van der Waals surface area contributed by atoms with Gasteiger partial charge in [-0.25, -0.2) is 4.98 Å². The normalized spacial score (nSPS) is 17.9. The van der Waals surface area contributed by atoms with Gasteiger partial charge in [-0.2, -0.15) is 0 Å². The van der Waals surface area contributed by atoms with E-state index < -0.39 is 23.6 Å². The van der Waals surface area contributed by atoms with Crippen molar-refractivity contribution in [3.63, 3.8) is 0 Å². The van der Waals surface area contributed by atoms with Crippen molar-refractivity contribution >= 4 is 28.9 Å². The summed E-state index contributed by atoms with van der Waals surface area (Å²) in [7, 11) is 0. The van der Waals surface area contributed by atoms with E-state index in [9.17, 15) is 19.5 Å². The highest BCUT2D eigenvalue weighted by Gasteiger charge is 2.44. The van der Waals surface area contributed by atoms with Crippen LogP contribution in [0.1, 0.15) is 62.4 Å². The van der Waals surface area contributed by atoms with Crippen LogP contribution < -0.4 is 5.32 Å². The van der Waals surface area contributed by atoms with Crippen LogP contribution in [0, 0.1) is 19.3 Å². The van der Waals surface area contributed by atoms with Gasteiger partial charge in [-0.1, -0.05) is 74.9 Å². The van der Waals surface area contributed by atoms with E-state index in [4.69, 9.17) is 0 Å². The third-order valence-corrected chi connectivity index (χ3v) is 8.67. The van der Waals surface area contributed by atoms with Crippen LogP contribution in [-0.2, 0) is 27.2 Å². The first-order valence-electron chi connectivity index (χ1n) is 14.3. The summed E-state index contributed by atoms with van der Waals surface area (Å²) >= 11 is 1.60. The first-order chi connectivity index (χ1) is 19.4. The number of benzene rings is 2. The molecule has 0 bridgehead atoms. The summed E-state index contributed by atoms with van der Waals surface area (Å²) in [6, 6.07) is 14.7. The van der Waals surface area contributed by atoms with E-state index in [0.717, 1.165) is 32.8 Å². The molecule has 1 saturated heterocycles. The highest BCUT2D eigenvalue weighted by atomic mass is 32.1. The number of hydrogen-bond donors (Lipinski definition) is 2. The number of rotatable bonds is 10. The summed E-state index contributed by atoms with van der Waals surface area (Å²) in [4.78, 5) is 47.0. The Morgan fingerprint density at radius 3 is 2.39 bits per heavy atom. The number of nitrogens with zero attached hydrogens (tertiary/aromatic N) is 2. The first kappa shape index (κ1) is 30.6. The fraction of sp³-hybridized carbons (Fsp3) is 0.455. The Morgan fingerprint density at radius 2 is 1.76 bits per heavy atom. The molecule has 41 heavy (non-hydrogen) atoms. The van der Waals surface area contributed by atoms with Crippen LogP contribution in [0.2, 0.25) is 0 Å². The molecule has 1 aliphatic rings. The Morgan fingerprint density at radius 1 is 1.05 bits per heavy atom. The van der Waals surface area contributed by atoms with Crippen molar-refractivity contribution in [1.29, 1.82) is 0 Å². The summed E-state index contributed by atoms with van der Waals surface area (Å²) in [6.07, 6.45) is 1.10. The average Bonchev–Trinajstić information content (AvgIpc) is 3.54. The fourth-order valence-electron chi connectivity index (χ4n) is 5.37. The quantitative estimate of drug-likeness (QED) is 0.352. The molecule has 2 amide bonds. The van der Waals surface area contributed by atoms with E-state index >= 15 is 0 Å². The number of ketones is 1. The molecule has 218 valence electrons. The second kappa shape index (κ2) is 13.1. The van der Waals surface area contributed by atoms with Crippen molar-refractivity contribution in [2.24, 2.45) is 5.41 Å². The highest BCUT2D eigenvalue weighted by molar-refractivity contribution is 7.13. The Kier molecular flexibility index (Phi) is 9.76. The van der Waals surface area contributed by atoms with Crippen LogP contribution in [0.4, 0.5) is 0 Å². The highest BCUT2D eigenvalue weighted by Crippen LogP contribution is 2.29. The molecule has 1 unspecified atom stereocenters. The van der Waals surface area contributed by atoms with Gasteiger partial charge in [-0.15, -0.1) is 11.3 Å². The van der Waals surface area contributed by atoms with Gasteiger partial charge < -0.3 is 15.3 Å². The monoisotopic (exact) mass is 575 g/mol. The lowest BCUT2D eigenvalue weighted by Gasteiger charge is -2.35. The third-order valence-electron chi connectivity index (χ3n) is 7.70. The second-order valence-electron chi connectivity index (χ2n) is 12.2. The van der Waals surface area contributed by atoms with Gasteiger partial charge in [0.05, 0.1) is 28.2 Å². The average molecular weight is 576 g/mol. The Bertz CT molecular complexity index is 1380. The third kappa shape index (κ3) is 7.89. The lowest BCUT2D eigenvalue weighted by Crippen LogP contribution is -2.56. The van der Waals surface area contributed by atoms with Crippen molar-refractivity contribution in [2.75, 3.05) is 6.54 Å². The minimum absolute atomic E-state index is 0.0734. The summed E-state index contributed by atoms with van der Waals surface area (Å²) in [5.41, 5.74) is 6.60. The van der Waals surface area contributed by atoms with Crippen LogP contribution in [0.3, 0.4) is 0 Å². The molecule has 1 aliphatic heterocycles. The minimum atomic E-state index is -0.809. The molecule has 2 heterocycles. The molecule has 3 atom stereocenters. The number of aliphatic hydroxyl groups excluding tert-OH is 1. The topological polar surface area (TPSA) is 99.6 Å². The zero-order chi connectivity index (χ0) is 29.7. The van der Waals surface area contributed by atoms with Crippen LogP contribution in [0.25, 0.3) is 10.4 Å². The molecule has 0 saturated carbocycles. The number of Topliss-reactive ketones (excluding diaryl/α,β-unsaturated/α-hetero) is 1. The number of β-amino-alcohol motifs (C(OH)–C–C–N with tert-alkyl or cyclic N) is 1. The van der Waals surface area contributed by atoms with Crippen molar-refractivity contribution in [2.45, 2.75) is 84.9 Å². The molecule has 0 spiro atoms. The predicted molar refractivity (Wildman–Crippen MR) is 163 cm³/mol. The Balaban J connectivity index is 1.38. The van der Waals surface area contributed by atoms with Gasteiger partial charge in [-0.05, 0) is 48.8 Å². The van der Waals surface area contributed by atoms with Gasteiger partial charge in [0.15, 0.2) is 5.78 Å². The van der Waals surface area contributed by atoms with Crippen molar-refractivity contribution < 1.29 is 19.5 Å². The fourth-order valence-corrected chi connectivity index (χ4v) is 6.18. The zero-order valence-corrected chi connectivity index (χ0v) is 25.5. The number of aliphatic hydroxyl groups is 1. The number of carbonyl (C=O) groups excluding carboxylic acids is 3. The second-order valence-corrected chi connectivity index (χ2v) is 13.0. The minimum Gasteiger partial charge on any atom is -0.391 e. The van der Waals surface area contributed by atoms with Crippen molar-refractivity contribution in [1.82, 2.24) is 15.2 Å². The van der Waals surface area contributed by atoms with Gasteiger partial charge in [0.25, 0.3) is 0 Å². The number of thiazole rings is 1. The number of hydrogen-bond acceptors (Lipinski definition) is 6. The van der Waals surface area contributed by atoms with E-state index in [2.05, 4.69) is 16.4 Å². The maximum atomic E-state index is 13.8. The number of carbonyl (C=O) groups is 3. The van der Waals surface area contributed by atoms with Gasteiger partial charge in [0, 0.05) is 25.8 Å². The molecular formula is C33H41N3O4S. The largest absolute Gasteiger partial charge is 0.391 e. The van der Waals surface area contributed by atoms with E-state index in [1.807, 2.05) is 82.6 Å². The molecule has 0 aliphatic carbocycles. The maximum Gasteiger partial charge on any atom is 0.246 e. The zero-order valence-electron chi connectivity index (χ0n) is 24.6. The van der Waals surface area contributed by atoms with Crippen LogP contribution in [0.15, 0.2) is 54.0 Å². The molecule has 2 aromatic carbocycles. The SMILES string of the molecule is Cc1cccc(CCC(=O)N[C@H](C(=O)N2C[C@H](O)CC2C(=O)CCc2ccc(-c3scnc3C)cc2)C(C)(C)C)c1. The Labute approximate surface area is 247 Å². The smallest absolute Gasteiger partial charge is 0.246 e. The molecule has 7 nitrogen and oxygen atoms in total. The standard InChI is InChI=1S/C33H41N3O4S/c1-21-7-6-8-24(17-21)12-16-29(39)35-31(33(3,4)5)32(40)36-19-26(37)18-27(36)28(38)15-11-23-9-13-25(14-10-23)30-22(2)34-20-41-30/h6-10,13-14,17,20,26-27,31,37H,11-12,15-16,18-19H2,1-5H3,(H,35,39)/t26-,27?,31-/m1/s1. The summed E-state index contributed by atoms with van der Waals surface area (Å²) in [6.45, 7) is 9.79. The molecule has 1 aromatic heterocycles. The van der Waals surface area contributed by atoms with Gasteiger partial charge in [0.2, 0.25) is 11.8 Å². The number of aromatic nitrogens is 1. The van der Waals surface area contributed by atoms with Crippen LogP contribution >= 0.6 is 11.3 Å². The summed E-state index contributed by atoms with van der Waals surface area (Å²) in [5.74, 6) is -0.601. The molecule has 0 radical (unpaired) electrons. The summed E-state index contributed by atoms with van der Waals surface area (Å²) in [5, 5.41) is 13.4. The first-order valence-corrected chi connectivity index (χ1v) is 15.2. The van der Waals surface area contributed by atoms with Crippen LogP contribution in [-0.4, -0.2) is 57.3 Å². The van der Waals surface area contributed by atoms with Crippen molar-refractivity contribution in [3.05, 3.63) is 76.4 Å². The van der Waals surface area contributed by atoms with Gasteiger partial charge >= 0.3 is 0 Å². The van der Waals surface area contributed by atoms with E-state index in [0.29, 0.717) is 12.8 Å². The molecule has 1 fully saturated rings. The molecule has 4 rings (SSSR count). The van der Waals surface area contributed by atoms with E-state index in [1.165, 1.54) is 4.90 Å². The molecule has 3 aromatic rings. The van der Waals surface area contributed by atoms with E-state index in [-0.39, 0.29) is 43.4 Å². The number of likely N-dealkylation sites (tertiary alicyclic amines) is 1. The van der Waals surface area contributed by atoms with E-state index in [1.54, 1.807) is 11.3 Å². The predicted octanol–water partition coefficient (Wildman–Crippen LogP) is 5.05. The van der Waals surface area contributed by atoms with Crippen LogP contribution in [0.5, 0.6) is 0 Å².